The molecule has 1 aromatic carbocycles. The molecule has 2 unspecified atom stereocenters. The second-order valence-electron chi connectivity index (χ2n) is 5.40. The van der Waals surface area contributed by atoms with Crippen LogP contribution in [-0.4, -0.2) is 25.7 Å². The zero-order valence-electron chi connectivity index (χ0n) is 11.4. The molecule has 0 aromatic heterocycles. The van der Waals surface area contributed by atoms with E-state index in [0.717, 1.165) is 12.3 Å². The number of hydrogen-bond donors (Lipinski definition) is 0. The molecule has 0 N–H and O–H groups in total. The normalized spacial score (nSPS) is 23.0. The third-order valence-corrected chi connectivity index (χ3v) is 6.32. The summed E-state index contributed by atoms with van der Waals surface area (Å²) >= 11 is 2.90. The fourth-order valence-corrected chi connectivity index (χ4v) is 4.40. The van der Waals surface area contributed by atoms with Gasteiger partial charge in [-0.1, -0.05) is 6.42 Å². The quantitative estimate of drug-likeness (QED) is 0.595. The lowest BCUT2D eigenvalue weighted by molar-refractivity contribution is 0.0889. The summed E-state index contributed by atoms with van der Waals surface area (Å²) in [6, 6.07) is 2.14. The van der Waals surface area contributed by atoms with Gasteiger partial charge >= 0.3 is 0 Å². The average Bonchev–Trinajstić information content (AvgIpc) is 2.43. The second-order valence-corrected chi connectivity index (χ2v) is 8.52. The molecular weight excluding hydrogens is 366 g/mol. The fourth-order valence-electron chi connectivity index (χ4n) is 2.71. The van der Waals surface area contributed by atoms with Gasteiger partial charge in [-0.05, 0) is 47.3 Å². The van der Waals surface area contributed by atoms with E-state index < -0.39 is 32.6 Å². The lowest BCUT2D eigenvalue weighted by Gasteiger charge is -2.27. The van der Waals surface area contributed by atoms with Gasteiger partial charge in [0.05, 0.1) is 9.72 Å². The number of carbonyl (C=O) groups excluding carboxylic acids is 1. The van der Waals surface area contributed by atoms with Crippen molar-refractivity contribution in [1.29, 1.82) is 0 Å². The number of halogens is 3. The van der Waals surface area contributed by atoms with Gasteiger partial charge in [0, 0.05) is 17.7 Å². The van der Waals surface area contributed by atoms with Crippen LogP contribution in [0.3, 0.4) is 0 Å². The predicted molar refractivity (Wildman–Crippen MR) is 79.0 cm³/mol. The fraction of sp³-hybridized carbons (Fsp3) is 0.500. The Morgan fingerprint density at radius 3 is 2.57 bits per heavy atom. The Kier molecular flexibility index (Phi) is 4.82. The molecule has 1 aliphatic rings. The minimum absolute atomic E-state index is 0.0630. The zero-order chi connectivity index (χ0) is 15.8. The van der Waals surface area contributed by atoms with E-state index in [-0.39, 0.29) is 22.2 Å². The van der Waals surface area contributed by atoms with Crippen LogP contribution in [-0.2, 0) is 9.84 Å². The first-order chi connectivity index (χ1) is 9.71. The number of sulfone groups is 1. The number of rotatable bonds is 3. The van der Waals surface area contributed by atoms with Gasteiger partial charge < -0.3 is 0 Å². The van der Waals surface area contributed by atoms with Crippen molar-refractivity contribution in [2.45, 2.75) is 30.9 Å². The monoisotopic (exact) mass is 380 g/mol. The average molecular weight is 381 g/mol. The Morgan fingerprint density at radius 1 is 1.29 bits per heavy atom. The maximum absolute atomic E-state index is 13.5. The molecule has 21 heavy (non-hydrogen) atoms. The van der Waals surface area contributed by atoms with Crippen LogP contribution in [0.15, 0.2) is 16.6 Å². The Hall–Kier alpha value is -0.820. The van der Waals surface area contributed by atoms with E-state index in [0.29, 0.717) is 19.3 Å². The molecule has 0 amide bonds. The summed E-state index contributed by atoms with van der Waals surface area (Å²) in [5.74, 6) is -2.94. The van der Waals surface area contributed by atoms with E-state index in [9.17, 15) is 22.0 Å². The van der Waals surface area contributed by atoms with Gasteiger partial charge in [-0.15, -0.1) is 0 Å². The number of hydrogen-bond acceptors (Lipinski definition) is 3. The van der Waals surface area contributed by atoms with Crippen molar-refractivity contribution in [3.63, 3.8) is 0 Å². The van der Waals surface area contributed by atoms with Crippen molar-refractivity contribution >= 4 is 31.6 Å². The number of Topliss-reactive ketones (excluding diaryl/α,β-unsaturated/α-hetero) is 1. The summed E-state index contributed by atoms with van der Waals surface area (Å²) in [5, 5.41) is -0.538. The molecule has 1 aromatic rings. The molecule has 3 nitrogen and oxygen atoms in total. The summed E-state index contributed by atoms with van der Waals surface area (Å²) in [6.45, 7) is 0. The maximum atomic E-state index is 13.5. The standard InChI is InChI=1S/C14H15BrF2O3S/c1-21(19,20)9-4-2-3-8(7-9)14(18)10-5-6-11(16)13(17)12(10)15/h5-6,8-9H,2-4,7H2,1H3. The minimum atomic E-state index is -3.20. The van der Waals surface area contributed by atoms with Crippen molar-refractivity contribution < 1.29 is 22.0 Å². The molecule has 116 valence electrons. The van der Waals surface area contributed by atoms with Gasteiger partial charge in [-0.3, -0.25) is 4.79 Å². The second kappa shape index (κ2) is 6.12. The molecule has 0 radical (unpaired) electrons. The van der Waals surface area contributed by atoms with Crippen LogP contribution in [0.2, 0.25) is 0 Å². The van der Waals surface area contributed by atoms with Gasteiger partial charge in [0.15, 0.2) is 17.4 Å². The lowest BCUT2D eigenvalue weighted by atomic mass is 9.83. The van der Waals surface area contributed by atoms with Crippen LogP contribution >= 0.6 is 15.9 Å². The van der Waals surface area contributed by atoms with Gasteiger partial charge in [0.1, 0.15) is 9.84 Å². The van der Waals surface area contributed by atoms with Crippen molar-refractivity contribution in [2.75, 3.05) is 6.26 Å². The first-order valence-corrected chi connectivity index (χ1v) is 9.33. The first kappa shape index (κ1) is 16.5. The minimum Gasteiger partial charge on any atom is -0.294 e. The van der Waals surface area contributed by atoms with Crippen molar-refractivity contribution in [1.82, 2.24) is 0 Å². The molecule has 1 saturated carbocycles. The third-order valence-electron chi connectivity index (χ3n) is 3.90. The van der Waals surface area contributed by atoms with Crippen LogP contribution in [0, 0.1) is 17.6 Å². The summed E-state index contributed by atoms with van der Waals surface area (Å²) in [5.41, 5.74) is 0.0630. The summed E-state index contributed by atoms with van der Waals surface area (Å²) < 4.78 is 49.7. The number of ketones is 1. The maximum Gasteiger partial charge on any atom is 0.173 e. The molecule has 0 bridgehead atoms. The first-order valence-electron chi connectivity index (χ1n) is 6.58. The number of carbonyl (C=O) groups is 1. The summed E-state index contributed by atoms with van der Waals surface area (Å²) in [6.07, 6.45) is 3.15. The molecule has 2 rings (SSSR count). The highest BCUT2D eigenvalue weighted by molar-refractivity contribution is 9.10. The predicted octanol–water partition coefficient (Wildman–Crippen LogP) is 3.51. The lowest BCUT2D eigenvalue weighted by Crippen LogP contribution is -2.31. The highest BCUT2D eigenvalue weighted by atomic mass is 79.9. The van der Waals surface area contributed by atoms with Crippen LogP contribution in [0.5, 0.6) is 0 Å². The van der Waals surface area contributed by atoms with E-state index in [1.807, 2.05) is 0 Å². The van der Waals surface area contributed by atoms with Crippen molar-refractivity contribution in [3.8, 4) is 0 Å². The van der Waals surface area contributed by atoms with Crippen molar-refractivity contribution in [3.05, 3.63) is 33.8 Å². The molecule has 0 aliphatic heterocycles. The highest BCUT2D eigenvalue weighted by Gasteiger charge is 2.33. The van der Waals surface area contributed by atoms with E-state index in [1.165, 1.54) is 6.07 Å². The van der Waals surface area contributed by atoms with Crippen LogP contribution in [0.1, 0.15) is 36.0 Å². The summed E-state index contributed by atoms with van der Waals surface area (Å²) in [7, 11) is -3.20. The topological polar surface area (TPSA) is 51.2 Å². The largest absolute Gasteiger partial charge is 0.294 e. The molecule has 2 atom stereocenters. The smallest absolute Gasteiger partial charge is 0.173 e. The van der Waals surface area contributed by atoms with E-state index in [2.05, 4.69) is 15.9 Å². The van der Waals surface area contributed by atoms with E-state index in [4.69, 9.17) is 0 Å². The van der Waals surface area contributed by atoms with Crippen molar-refractivity contribution in [2.24, 2.45) is 5.92 Å². The van der Waals surface area contributed by atoms with Crippen LogP contribution in [0.4, 0.5) is 8.78 Å². The molecule has 0 spiro atoms. The molecule has 1 aliphatic carbocycles. The highest BCUT2D eigenvalue weighted by Crippen LogP contribution is 2.33. The Balaban J connectivity index is 2.26. The van der Waals surface area contributed by atoms with Gasteiger partial charge in [-0.2, -0.15) is 0 Å². The van der Waals surface area contributed by atoms with Crippen LogP contribution < -0.4 is 0 Å². The molecule has 0 heterocycles. The molecule has 0 saturated heterocycles. The van der Waals surface area contributed by atoms with E-state index >= 15 is 0 Å². The third kappa shape index (κ3) is 3.51. The molecule has 7 heteroatoms. The van der Waals surface area contributed by atoms with Gasteiger partial charge in [0.2, 0.25) is 0 Å². The Bertz CT molecular complexity index is 673. The van der Waals surface area contributed by atoms with Gasteiger partial charge in [0.25, 0.3) is 0 Å². The van der Waals surface area contributed by atoms with E-state index in [1.54, 1.807) is 0 Å². The number of benzene rings is 1. The summed E-state index contributed by atoms with van der Waals surface area (Å²) in [4.78, 5) is 12.4. The van der Waals surface area contributed by atoms with Gasteiger partial charge in [-0.25, -0.2) is 17.2 Å². The van der Waals surface area contributed by atoms with Crippen LogP contribution in [0.25, 0.3) is 0 Å². The molecule has 1 fully saturated rings. The Labute approximate surface area is 130 Å². The Morgan fingerprint density at radius 2 is 1.95 bits per heavy atom. The molecular formula is C14H15BrF2O3S. The SMILES string of the molecule is CS(=O)(=O)C1CCCC(C(=O)c2ccc(F)c(F)c2Br)C1. The zero-order valence-corrected chi connectivity index (χ0v) is 13.8.